The molecule has 0 aliphatic rings. The van der Waals surface area contributed by atoms with Gasteiger partial charge < -0.3 is 10.8 Å². The Morgan fingerprint density at radius 3 is 2.43 bits per heavy atom. The van der Waals surface area contributed by atoms with Crippen LogP contribution in [-0.4, -0.2) is 11.1 Å². The highest BCUT2D eigenvalue weighted by atomic mass is 35.5. The van der Waals surface area contributed by atoms with Gasteiger partial charge in [0.25, 0.3) is 0 Å². The van der Waals surface area contributed by atoms with Crippen LogP contribution >= 0.6 is 35.6 Å². The van der Waals surface area contributed by atoms with Crippen molar-refractivity contribution >= 4 is 41.6 Å². The number of aromatic carboxylic acids is 1. The van der Waals surface area contributed by atoms with Crippen molar-refractivity contribution in [3.05, 3.63) is 33.3 Å². The summed E-state index contributed by atoms with van der Waals surface area (Å²) in [6, 6.07) is 3.08. The molecule has 0 bridgehead atoms. The molecule has 0 saturated carbocycles. The van der Waals surface area contributed by atoms with E-state index in [4.69, 9.17) is 34.0 Å². The molecule has 0 aromatic heterocycles. The summed E-state index contributed by atoms with van der Waals surface area (Å²) in [6.45, 7) is 0.191. The minimum Gasteiger partial charge on any atom is -0.478 e. The van der Waals surface area contributed by atoms with Crippen LogP contribution in [0.1, 0.15) is 15.9 Å². The molecule has 0 amide bonds. The van der Waals surface area contributed by atoms with E-state index in [2.05, 4.69) is 0 Å². The molecule has 1 rings (SSSR count). The highest BCUT2D eigenvalue weighted by molar-refractivity contribution is 6.39. The Morgan fingerprint density at radius 2 is 2.00 bits per heavy atom. The zero-order valence-corrected chi connectivity index (χ0v) is 9.29. The van der Waals surface area contributed by atoms with Gasteiger partial charge in [0, 0.05) is 6.54 Å². The van der Waals surface area contributed by atoms with Crippen LogP contribution in [0.4, 0.5) is 0 Å². The maximum atomic E-state index is 10.7. The van der Waals surface area contributed by atoms with Crippen molar-refractivity contribution < 1.29 is 9.90 Å². The van der Waals surface area contributed by atoms with E-state index >= 15 is 0 Å². The number of rotatable bonds is 2. The normalized spacial score (nSPS) is 9.36. The van der Waals surface area contributed by atoms with E-state index in [1.807, 2.05) is 0 Å². The van der Waals surface area contributed by atoms with E-state index in [1.54, 1.807) is 6.07 Å². The second-order valence-corrected chi connectivity index (χ2v) is 3.19. The van der Waals surface area contributed by atoms with Crippen LogP contribution in [0.3, 0.4) is 0 Å². The van der Waals surface area contributed by atoms with E-state index < -0.39 is 5.97 Å². The first-order valence-corrected chi connectivity index (χ1v) is 4.23. The van der Waals surface area contributed by atoms with Crippen LogP contribution in [0, 0.1) is 0 Å². The molecule has 0 unspecified atom stereocenters. The van der Waals surface area contributed by atoms with Crippen molar-refractivity contribution in [2.75, 3.05) is 0 Å². The van der Waals surface area contributed by atoms with Crippen molar-refractivity contribution in [1.29, 1.82) is 0 Å². The molecule has 1 aromatic carbocycles. The summed E-state index contributed by atoms with van der Waals surface area (Å²) in [6.07, 6.45) is 0. The van der Waals surface area contributed by atoms with Gasteiger partial charge in [-0.1, -0.05) is 29.3 Å². The number of carboxylic acids is 1. The predicted octanol–water partition coefficient (Wildman–Crippen LogP) is 2.57. The van der Waals surface area contributed by atoms with Gasteiger partial charge in [0.2, 0.25) is 0 Å². The minimum absolute atomic E-state index is 0. The molecule has 0 spiro atoms. The zero-order chi connectivity index (χ0) is 10.0. The molecule has 0 aliphatic carbocycles. The quantitative estimate of drug-likeness (QED) is 0.855. The molecule has 3 nitrogen and oxygen atoms in total. The molecule has 0 aliphatic heterocycles. The number of benzene rings is 1. The molecule has 6 heteroatoms. The largest absolute Gasteiger partial charge is 0.478 e. The number of hydrogen-bond donors (Lipinski definition) is 2. The van der Waals surface area contributed by atoms with Gasteiger partial charge in [-0.15, -0.1) is 12.4 Å². The highest BCUT2D eigenvalue weighted by Crippen LogP contribution is 2.27. The number of carbonyl (C=O) groups is 1. The summed E-state index contributed by atoms with van der Waals surface area (Å²) < 4.78 is 0. The Hall–Kier alpha value is -0.480. The van der Waals surface area contributed by atoms with E-state index in [9.17, 15) is 4.79 Å². The molecule has 1 aromatic rings. The van der Waals surface area contributed by atoms with Crippen LogP contribution in [0.2, 0.25) is 10.0 Å². The average molecular weight is 257 g/mol. The summed E-state index contributed by atoms with van der Waals surface area (Å²) >= 11 is 11.4. The van der Waals surface area contributed by atoms with Gasteiger partial charge in [-0.25, -0.2) is 4.79 Å². The smallest absolute Gasteiger partial charge is 0.338 e. The lowest BCUT2D eigenvalue weighted by atomic mass is 10.1. The van der Waals surface area contributed by atoms with Gasteiger partial charge in [-0.3, -0.25) is 0 Å². The van der Waals surface area contributed by atoms with Gasteiger partial charge in [-0.05, 0) is 11.6 Å². The monoisotopic (exact) mass is 255 g/mol. The Bertz CT molecular complexity index is 355. The number of nitrogens with two attached hydrogens (primary N) is 1. The third-order valence-electron chi connectivity index (χ3n) is 1.60. The average Bonchev–Trinajstić information content (AvgIpc) is 2.04. The summed E-state index contributed by atoms with van der Waals surface area (Å²) in [4.78, 5) is 10.7. The SMILES string of the molecule is Cl.NCc1ccc(Cl)c(C(=O)O)c1Cl. The number of halogens is 3. The van der Waals surface area contributed by atoms with Crippen molar-refractivity contribution in [2.24, 2.45) is 5.73 Å². The van der Waals surface area contributed by atoms with Gasteiger partial charge in [0.05, 0.1) is 15.6 Å². The lowest BCUT2D eigenvalue weighted by molar-refractivity contribution is 0.0697. The number of carboxylic acid groups (broad SMARTS) is 1. The van der Waals surface area contributed by atoms with Crippen molar-refractivity contribution in [2.45, 2.75) is 6.54 Å². The molecule has 0 fully saturated rings. The predicted molar refractivity (Wildman–Crippen MR) is 58.6 cm³/mol. The first-order valence-electron chi connectivity index (χ1n) is 3.48. The molecule has 78 valence electrons. The lowest BCUT2D eigenvalue weighted by Crippen LogP contribution is -2.04. The minimum atomic E-state index is -1.15. The number of hydrogen-bond acceptors (Lipinski definition) is 2. The highest BCUT2D eigenvalue weighted by Gasteiger charge is 2.15. The first-order chi connectivity index (χ1) is 6.07. The lowest BCUT2D eigenvalue weighted by Gasteiger charge is -2.05. The summed E-state index contributed by atoms with van der Waals surface area (Å²) in [7, 11) is 0. The fourth-order valence-corrected chi connectivity index (χ4v) is 1.56. The van der Waals surface area contributed by atoms with Crippen LogP contribution < -0.4 is 5.73 Å². The fourth-order valence-electron chi connectivity index (χ4n) is 0.949. The fraction of sp³-hybridized carbons (Fsp3) is 0.125. The van der Waals surface area contributed by atoms with E-state index in [-0.39, 0.29) is 34.6 Å². The van der Waals surface area contributed by atoms with Crippen molar-refractivity contribution in [1.82, 2.24) is 0 Å². The summed E-state index contributed by atoms with van der Waals surface area (Å²) in [5.41, 5.74) is 5.83. The topological polar surface area (TPSA) is 63.3 Å². The molecule has 0 heterocycles. The maximum Gasteiger partial charge on any atom is 0.338 e. The Kier molecular flexibility index (Phi) is 5.23. The summed E-state index contributed by atoms with van der Waals surface area (Å²) in [5, 5.41) is 8.99. The van der Waals surface area contributed by atoms with Crippen molar-refractivity contribution in [3.63, 3.8) is 0 Å². The Morgan fingerprint density at radius 1 is 1.43 bits per heavy atom. The van der Waals surface area contributed by atoms with E-state index in [1.165, 1.54) is 6.07 Å². The molecule has 0 radical (unpaired) electrons. The van der Waals surface area contributed by atoms with Crippen LogP contribution in [0.5, 0.6) is 0 Å². The van der Waals surface area contributed by atoms with Crippen LogP contribution in [0.25, 0.3) is 0 Å². The summed E-state index contributed by atoms with van der Waals surface area (Å²) in [5.74, 6) is -1.15. The standard InChI is InChI=1S/C8H7Cl2NO2.ClH/c9-5-2-1-4(3-11)7(10)6(5)8(12)13;/h1-2H,3,11H2,(H,12,13);1H. The first kappa shape index (κ1) is 13.5. The van der Waals surface area contributed by atoms with Gasteiger partial charge in [0.15, 0.2) is 0 Å². The van der Waals surface area contributed by atoms with Gasteiger partial charge in [-0.2, -0.15) is 0 Å². The molecular formula is C8H8Cl3NO2. The van der Waals surface area contributed by atoms with Crippen LogP contribution in [0.15, 0.2) is 12.1 Å². The molecule has 3 N–H and O–H groups in total. The molecular weight excluding hydrogens is 248 g/mol. The maximum absolute atomic E-state index is 10.7. The molecule has 14 heavy (non-hydrogen) atoms. The second kappa shape index (κ2) is 5.41. The second-order valence-electron chi connectivity index (χ2n) is 2.40. The third kappa shape index (κ3) is 2.51. The van der Waals surface area contributed by atoms with E-state index in [0.29, 0.717) is 5.56 Å². The van der Waals surface area contributed by atoms with E-state index in [0.717, 1.165) is 0 Å². The zero-order valence-electron chi connectivity index (χ0n) is 6.96. The van der Waals surface area contributed by atoms with Gasteiger partial charge >= 0.3 is 5.97 Å². The molecule has 0 saturated heterocycles. The van der Waals surface area contributed by atoms with Crippen LogP contribution in [-0.2, 0) is 6.54 Å². The Labute approximate surface area is 97.2 Å². The molecule has 0 atom stereocenters. The third-order valence-corrected chi connectivity index (χ3v) is 2.35. The Balaban J connectivity index is 0.00000169. The van der Waals surface area contributed by atoms with Crippen molar-refractivity contribution in [3.8, 4) is 0 Å². The van der Waals surface area contributed by atoms with Gasteiger partial charge in [0.1, 0.15) is 0 Å².